The van der Waals surface area contributed by atoms with Crippen LogP contribution in [0.25, 0.3) is 0 Å². The van der Waals surface area contributed by atoms with Gasteiger partial charge in [0.05, 0.1) is 30.7 Å². The lowest BCUT2D eigenvalue weighted by atomic mass is 10.1. The normalized spacial score (nSPS) is 18.2. The molecule has 0 aliphatic carbocycles. The van der Waals surface area contributed by atoms with Crippen LogP contribution in [0.1, 0.15) is 26.2 Å². The maximum absolute atomic E-state index is 9.69. The Bertz CT molecular complexity index is 1090. The van der Waals surface area contributed by atoms with E-state index < -0.39 is 0 Å². The van der Waals surface area contributed by atoms with Crippen molar-refractivity contribution < 1.29 is 5.11 Å². The first-order chi connectivity index (χ1) is 15.7. The second kappa shape index (κ2) is 8.96. The summed E-state index contributed by atoms with van der Waals surface area (Å²) in [5.74, 6) is 1.47. The predicted octanol–water partition coefficient (Wildman–Crippen LogP) is 3.85. The summed E-state index contributed by atoms with van der Waals surface area (Å²) >= 11 is 0. The van der Waals surface area contributed by atoms with E-state index in [2.05, 4.69) is 37.1 Å². The molecule has 9 heteroatoms. The van der Waals surface area contributed by atoms with Crippen molar-refractivity contribution in [2.45, 2.75) is 38.8 Å². The number of aromatic nitrogens is 4. The number of nitrogens with zero attached hydrogens (tertiary/aromatic N) is 7. The summed E-state index contributed by atoms with van der Waals surface area (Å²) < 4.78 is 1.96. The van der Waals surface area contributed by atoms with Crippen molar-refractivity contribution in [2.24, 2.45) is 4.99 Å². The van der Waals surface area contributed by atoms with Gasteiger partial charge in [-0.05, 0) is 56.6 Å². The Labute approximate surface area is 187 Å². The fraction of sp³-hybridized carbons (Fsp3) is 0.391. The van der Waals surface area contributed by atoms with Crippen LogP contribution in [0.4, 0.5) is 28.8 Å². The molecule has 2 aliphatic rings. The first kappa shape index (κ1) is 20.4. The van der Waals surface area contributed by atoms with Crippen LogP contribution in [0, 0.1) is 0 Å². The Morgan fingerprint density at radius 2 is 1.91 bits per heavy atom. The standard InChI is InChI=1S/C23H28N8O/c1-2-18-14-24-21-15-25-23(28-22(21)31(18)19-5-7-20(32)8-6-19)27-17-13-26-30(16-17)12-11-29-9-3-4-10-29/h5-8,13-16,18,32H,2-4,9-12H2,1H3,(H,25,27,28). The minimum Gasteiger partial charge on any atom is -0.508 e. The zero-order chi connectivity index (χ0) is 21.9. The maximum atomic E-state index is 9.69. The van der Waals surface area contributed by atoms with Crippen molar-refractivity contribution in [1.29, 1.82) is 0 Å². The van der Waals surface area contributed by atoms with Crippen LogP contribution >= 0.6 is 0 Å². The third-order valence-corrected chi connectivity index (χ3v) is 5.98. The fourth-order valence-corrected chi connectivity index (χ4v) is 4.23. The average molecular weight is 433 g/mol. The molecule has 0 spiro atoms. The fourth-order valence-electron chi connectivity index (χ4n) is 4.23. The van der Waals surface area contributed by atoms with E-state index >= 15 is 0 Å². The van der Waals surface area contributed by atoms with Crippen LogP contribution in [0.2, 0.25) is 0 Å². The Kier molecular flexibility index (Phi) is 5.72. The SMILES string of the molecule is CCC1C=Nc2cnc(Nc3cnn(CCN4CCCC4)c3)nc2N1c1ccc(O)cc1. The monoisotopic (exact) mass is 432 g/mol. The zero-order valence-corrected chi connectivity index (χ0v) is 18.2. The Balaban J connectivity index is 1.35. The Hall–Kier alpha value is -3.46. The zero-order valence-electron chi connectivity index (χ0n) is 18.2. The molecule has 9 nitrogen and oxygen atoms in total. The summed E-state index contributed by atoms with van der Waals surface area (Å²) in [6, 6.07) is 7.22. The summed E-state index contributed by atoms with van der Waals surface area (Å²) in [5.41, 5.74) is 2.52. The number of nitrogens with one attached hydrogen (secondary N) is 1. The Morgan fingerprint density at radius 3 is 2.69 bits per heavy atom. The molecule has 1 saturated heterocycles. The molecule has 4 heterocycles. The van der Waals surface area contributed by atoms with Gasteiger partial charge in [0.2, 0.25) is 5.95 Å². The molecule has 0 amide bonds. The topological polar surface area (TPSA) is 94.7 Å². The minimum absolute atomic E-state index is 0.0723. The van der Waals surface area contributed by atoms with E-state index in [0.29, 0.717) is 5.95 Å². The van der Waals surface area contributed by atoms with E-state index in [-0.39, 0.29) is 11.8 Å². The largest absolute Gasteiger partial charge is 0.508 e. The maximum Gasteiger partial charge on any atom is 0.229 e. The smallest absolute Gasteiger partial charge is 0.229 e. The van der Waals surface area contributed by atoms with E-state index in [4.69, 9.17) is 4.98 Å². The highest BCUT2D eigenvalue weighted by Crippen LogP contribution is 2.38. The molecule has 2 aromatic heterocycles. The van der Waals surface area contributed by atoms with Crippen molar-refractivity contribution in [2.75, 3.05) is 29.9 Å². The number of benzene rings is 1. The van der Waals surface area contributed by atoms with Crippen LogP contribution in [0.3, 0.4) is 0 Å². The lowest BCUT2D eigenvalue weighted by Crippen LogP contribution is -2.34. The molecule has 1 aromatic carbocycles. The van der Waals surface area contributed by atoms with Crippen molar-refractivity contribution in [3.8, 4) is 5.75 Å². The van der Waals surface area contributed by atoms with Crippen molar-refractivity contribution in [3.63, 3.8) is 0 Å². The van der Waals surface area contributed by atoms with Crippen molar-refractivity contribution in [3.05, 3.63) is 42.9 Å². The highest BCUT2D eigenvalue weighted by Gasteiger charge is 2.26. The molecular formula is C23H28N8O. The predicted molar refractivity (Wildman–Crippen MR) is 126 cm³/mol. The van der Waals surface area contributed by atoms with Crippen LogP contribution < -0.4 is 10.2 Å². The van der Waals surface area contributed by atoms with Crippen molar-refractivity contribution in [1.82, 2.24) is 24.6 Å². The molecule has 0 bridgehead atoms. The number of anilines is 4. The molecule has 3 aromatic rings. The van der Waals surface area contributed by atoms with Gasteiger partial charge in [0, 0.05) is 24.6 Å². The number of phenolic OH excluding ortho intramolecular Hbond substituents is 1. The summed E-state index contributed by atoms with van der Waals surface area (Å²) in [5, 5.41) is 17.4. The summed E-state index contributed by atoms with van der Waals surface area (Å²) in [6.07, 6.45) is 10.9. The van der Waals surface area contributed by atoms with Crippen LogP contribution in [-0.4, -0.2) is 61.6 Å². The average Bonchev–Trinajstić information content (AvgIpc) is 3.49. The van der Waals surface area contributed by atoms with E-state index in [1.807, 2.05) is 29.2 Å². The first-order valence-electron chi connectivity index (χ1n) is 11.2. The number of rotatable bonds is 7. The molecule has 32 heavy (non-hydrogen) atoms. The highest BCUT2D eigenvalue weighted by atomic mass is 16.3. The second-order valence-corrected chi connectivity index (χ2v) is 8.21. The number of phenols is 1. The van der Waals surface area contributed by atoms with E-state index in [1.54, 1.807) is 24.5 Å². The van der Waals surface area contributed by atoms with Gasteiger partial charge in [-0.2, -0.15) is 10.1 Å². The van der Waals surface area contributed by atoms with Gasteiger partial charge < -0.3 is 20.2 Å². The van der Waals surface area contributed by atoms with Gasteiger partial charge in [0.15, 0.2) is 5.82 Å². The minimum atomic E-state index is 0.0723. The van der Waals surface area contributed by atoms with E-state index in [9.17, 15) is 5.11 Å². The summed E-state index contributed by atoms with van der Waals surface area (Å²) in [7, 11) is 0. The Morgan fingerprint density at radius 1 is 1.09 bits per heavy atom. The quantitative estimate of drug-likeness (QED) is 0.585. The number of likely N-dealkylation sites (tertiary alicyclic amines) is 1. The number of hydrogen-bond acceptors (Lipinski definition) is 8. The molecule has 1 unspecified atom stereocenters. The number of aliphatic imine (C=N–C) groups is 1. The van der Waals surface area contributed by atoms with Gasteiger partial charge in [-0.3, -0.25) is 9.67 Å². The van der Waals surface area contributed by atoms with Crippen LogP contribution in [0.15, 0.2) is 47.8 Å². The molecule has 0 saturated carbocycles. The second-order valence-electron chi connectivity index (χ2n) is 8.21. The third-order valence-electron chi connectivity index (χ3n) is 5.98. The summed E-state index contributed by atoms with van der Waals surface area (Å²) in [4.78, 5) is 18.4. The van der Waals surface area contributed by atoms with Gasteiger partial charge in [-0.25, -0.2) is 4.98 Å². The number of fused-ring (bicyclic) bond motifs is 1. The van der Waals surface area contributed by atoms with Gasteiger partial charge in [-0.1, -0.05) is 6.92 Å². The molecule has 2 N–H and O–H groups in total. The molecule has 166 valence electrons. The number of hydrogen-bond donors (Lipinski definition) is 2. The highest BCUT2D eigenvalue weighted by molar-refractivity contribution is 5.87. The first-order valence-corrected chi connectivity index (χ1v) is 11.2. The van der Waals surface area contributed by atoms with Crippen LogP contribution in [0.5, 0.6) is 5.75 Å². The number of aromatic hydroxyl groups is 1. The van der Waals surface area contributed by atoms with Gasteiger partial charge in [-0.15, -0.1) is 0 Å². The molecule has 5 rings (SSSR count). The molecule has 1 fully saturated rings. The molecule has 0 radical (unpaired) electrons. The van der Waals surface area contributed by atoms with Crippen LogP contribution in [-0.2, 0) is 6.54 Å². The molecular weight excluding hydrogens is 404 g/mol. The van der Waals surface area contributed by atoms with Gasteiger partial charge >= 0.3 is 0 Å². The van der Waals surface area contributed by atoms with E-state index in [1.165, 1.54) is 25.9 Å². The molecule has 2 aliphatic heterocycles. The van der Waals surface area contributed by atoms with Gasteiger partial charge in [0.1, 0.15) is 11.4 Å². The molecule has 1 atom stereocenters. The summed E-state index contributed by atoms with van der Waals surface area (Å²) in [6.45, 7) is 6.39. The van der Waals surface area contributed by atoms with Crippen molar-refractivity contribution >= 4 is 35.0 Å². The lowest BCUT2D eigenvalue weighted by molar-refractivity contribution is 0.316. The lowest BCUT2D eigenvalue weighted by Gasteiger charge is -2.33. The third kappa shape index (κ3) is 4.29. The van der Waals surface area contributed by atoms with E-state index in [0.717, 1.165) is 42.4 Å². The van der Waals surface area contributed by atoms with Gasteiger partial charge in [0.25, 0.3) is 0 Å².